The van der Waals surface area contributed by atoms with Gasteiger partial charge in [0.15, 0.2) is 10.2 Å². The summed E-state index contributed by atoms with van der Waals surface area (Å²) in [5.74, 6) is 4.86. The Labute approximate surface area is 73.0 Å². The molecule has 0 unspecified atom stereocenters. The number of fused-ring (bicyclic) bond motifs is 1. The third kappa shape index (κ3) is 0.918. The number of hydrogen-bond donors (Lipinski definition) is 1. The van der Waals surface area contributed by atoms with Crippen LogP contribution in [0.2, 0.25) is 0 Å². The maximum atomic E-state index is 11.4. The molecule has 2 N–H and O–H groups in total. The lowest BCUT2D eigenvalue weighted by atomic mass is 10.4. The molecule has 6 heteroatoms. The highest BCUT2D eigenvalue weighted by Gasteiger charge is 2.34. The molecule has 1 saturated heterocycles. The van der Waals surface area contributed by atoms with Crippen LogP contribution in [-0.4, -0.2) is 27.6 Å². The summed E-state index contributed by atoms with van der Waals surface area (Å²) in [6.07, 6.45) is 3.48. The van der Waals surface area contributed by atoms with Gasteiger partial charge in [0.1, 0.15) is 0 Å². The van der Waals surface area contributed by atoms with Crippen molar-refractivity contribution >= 4 is 27.9 Å². The van der Waals surface area contributed by atoms with Crippen molar-refractivity contribution in [3.05, 3.63) is 12.3 Å². The Morgan fingerprint density at radius 2 is 2.58 bits per heavy atom. The fourth-order valence-corrected chi connectivity index (χ4v) is 1.80. The zero-order valence-electron chi connectivity index (χ0n) is 6.10. The molecule has 0 aromatic rings. The second-order valence-electron chi connectivity index (χ2n) is 2.25. The average Bonchev–Trinajstić information content (AvgIpc) is 2.44. The molecule has 0 bridgehead atoms. The number of nitrogens with two attached hydrogens (primary N) is 1. The van der Waals surface area contributed by atoms with Gasteiger partial charge in [0.25, 0.3) is 5.91 Å². The summed E-state index contributed by atoms with van der Waals surface area (Å²) in [5.41, 5.74) is 0. The number of aliphatic imine (C=N–C) groups is 1. The predicted octanol–water partition coefficient (Wildman–Crippen LogP) is -0.283. The molecular weight excluding hydrogens is 176 g/mol. The molecule has 0 spiro atoms. The Balaban J connectivity index is 2.35. The maximum absolute atomic E-state index is 11.4. The van der Waals surface area contributed by atoms with Crippen LogP contribution < -0.4 is 5.84 Å². The summed E-state index contributed by atoms with van der Waals surface area (Å²) in [6.45, 7) is 0.559. The fourth-order valence-electron chi connectivity index (χ4n) is 0.995. The summed E-state index contributed by atoms with van der Waals surface area (Å²) in [4.78, 5) is 16.9. The number of amides is 1. The second-order valence-corrected chi connectivity index (χ2v) is 3.20. The molecule has 0 aliphatic carbocycles. The maximum Gasteiger partial charge on any atom is 0.287 e. The van der Waals surface area contributed by atoms with E-state index in [1.54, 1.807) is 12.3 Å². The SMILES string of the molecule is NN=C1SC2=NC=CCN2C1=O. The summed E-state index contributed by atoms with van der Waals surface area (Å²) in [5, 5.41) is 4.33. The minimum atomic E-state index is -0.161. The third-order valence-corrected chi connectivity index (χ3v) is 2.52. The van der Waals surface area contributed by atoms with Crippen LogP contribution in [0.5, 0.6) is 0 Å². The van der Waals surface area contributed by atoms with Gasteiger partial charge in [-0.25, -0.2) is 4.99 Å². The van der Waals surface area contributed by atoms with Crippen molar-refractivity contribution in [3.63, 3.8) is 0 Å². The molecule has 2 aliphatic rings. The molecule has 5 nitrogen and oxygen atoms in total. The van der Waals surface area contributed by atoms with Crippen LogP contribution in [0.1, 0.15) is 0 Å². The van der Waals surface area contributed by atoms with Crippen LogP contribution in [0.4, 0.5) is 0 Å². The summed E-state index contributed by atoms with van der Waals surface area (Å²) in [6, 6.07) is 0. The molecule has 1 fully saturated rings. The second kappa shape index (κ2) is 2.63. The molecular formula is C6H6N4OS. The van der Waals surface area contributed by atoms with E-state index in [1.165, 1.54) is 16.7 Å². The molecule has 0 aromatic carbocycles. The lowest BCUT2D eigenvalue weighted by Gasteiger charge is -2.13. The Bertz CT molecular complexity index is 320. The summed E-state index contributed by atoms with van der Waals surface area (Å²) in [7, 11) is 0. The highest BCUT2D eigenvalue weighted by molar-refractivity contribution is 8.28. The quantitative estimate of drug-likeness (QED) is 0.413. The van der Waals surface area contributed by atoms with Gasteiger partial charge in [-0.2, -0.15) is 5.10 Å². The monoisotopic (exact) mass is 182 g/mol. The molecule has 0 atom stereocenters. The number of carbonyl (C=O) groups excluding carboxylic acids is 1. The van der Waals surface area contributed by atoms with Crippen LogP contribution in [0.3, 0.4) is 0 Å². The topological polar surface area (TPSA) is 71.0 Å². The molecule has 62 valence electrons. The average molecular weight is 182 g/mol. The van der Waals surface area contributed by atoms with Crippen molar-refractivity contribution in [2.75, 3.05) is 6.54 Å². The summed E-state index contributed by atoms with van der Waals surface area (Å²) >= 11 is 1.20. The van der Waals surface area contributed by atoms with Gasteiger partial charge >= 0.3 is 0 Å². The standard InChI is InChI=1S/C6H6N4OS/c7-9-4-5(11)10-3-1-2-8-6(10)12-4/h1-2H,3,7H2. The molecule has 0 saturated carbocycles. The largest absolute Gasteiger partial charge is 0.322 e. The molecule has 12 heavy (non-hydrogen) atoms. The molecule has 2 aliphatic heterocycles. The van der Waals surface area contributed by atoms with Crippen LogP contribution in [0.15, 0.2) is 22.4 Å². The van der Waals surface area contributed by atoms with E-state index in [9.17, 15) is 4.79 Å². The van der Waals surface area contributed by atoms with Crippen LogP contribution in [0, 0.1) is 0 Å². The van der Waals surface area contributed by atoms with Crippen LogP contribution >= 0.6 is 11.8 Å². The highest BCUT2D eigenvalue weighted by Crippen LogP contribution is 2.23. The predicted molar refractivity (Wildman–Crippen MR) is 47.5 cm³/mol. The van der Waals surface area contributed by atoms with Gasteiger partial charge in [-0.1, -0.05) is 0 Å². The molecule has 0 radical (unpaired) electrons. The van der Waals surface area contributed by atoms with Gasteiger partial charge in [-0.3, -0.25) is 9.69 Å². The summed E-state index contributed by atoms with van der Waals surface area (Å²) < 4.78 is 0. The number of nitrogens with zero attached hydrogens (tertiary/aromatic N) is 3. The van der Waals surface area contributed by atoms with E-state index >= 15 is 0 Å². The zero-order valence-corrected chi connectivity index (χ0v) is 6.91. The van der Waals surface area contributed by atoms with Gasteiger partial charge in [0.05, 0.1) is 0 Å². The first-order valence-electron chi connectivity index (χ1n) is 3.33. The number of hydrogen-bond acceptors (Lipinski definition) is 5. The normalized spacial score (nSPS) is 24.7. The van der Waals surface area contributed by atoms with Gasteiger partial charge in [0, 0.05) is 12.7 Å². The lowest BCUT2D eigenvalue weighted by Crippen LogP contribution is -2.32. The van der Waals surface area contributed by atoms with E-state index < -0.39 is 0 Å². The first-order chi connectivity index (χ1) is 5.83. The number of hydrazone groups is 1. The van der Waals surface area contributed by atoms with Crippen molar-refractivity contribution in [2.45, 2.75) is 0 Å². The van der Waals surface area contributed by atoms with Crippen molar-refractivity contribution in [1.82, 2.24) is 4.90 Å². The first kappa shape index (κ1) is 7.35. The minimum Gasteiger partial charge on any atom is -0.322 e. The van der Waals surface area contributed by atoms with Gasteiger partial charge < -0.3 is 5.84 Å². The number of carbonyl (C=O) groups is 1. The number of thioether (sulfide) groups is 1. The Morgan fingerprint density at radius 1 is 1.75 bits per heavy atom. The zero-order chi connectivity index (χ0) is 8.55. The molecule has 2 heterocycles. The minimum absolute atomic E-state index is 0.161. The van der Waals surface area contributed by atoms with Crippen molar-refractivity contribution in [3.8, 4) is 0 Å². The van der Waals surface area contributed by atoms with E-state index in [0.717, 1.165) is 0 Å². The molecule has 0 aromatic heterocycles. The van der Waals surface area contributed by atoms with Crippen LogP contribution in [-0.2, 0) is 4.79 Å². The van der Waals surface area contributed by atoms with E-state index in [1.807, 2.05) is 0 Å². The lowest BCUT2D eigenvalue weighted by molar-refractivity contribution is -0.119. The molecule has 1 amide bonds. The van der Waals surface area contributed by atoms with Crippen molar-refractivity contribution in [2.24, 2.45) is 15.9 Å². The Kier molecular flexibility index (Phi) is 1.61. The smallest absolute Gasteiger partial charge is 0.287 e. The fraction of sp³-hybridized carbons (Fsp3) is 0.167. The first-order valence-corrected chi connectivity index (χ1v) is 4.15. The van der Waals surface area contributed by atoms with E-state index in [0.29, 0.717) is 16.8 Å². The van der Waals surface area contributed by atoms with Gasteiger partial charge in [-0.15, -0.1) is 0 Å². The van der Waals surface area contributed by atoms with Crippen molar-refractivity contribution < 1.29 is 4.79 Å². The van der Waals surface area contributed by atoms with Gasteiger partial charge in [-0.05, 0) is 17.8 Å². The van der Waals surface area contributed by atoms with Crippen LogP contribution in [0.25, 0.3) is 0 Å². The van der Waals surface area contributed by atoms with E-state index in [-0.39, 0.29) is 5.91 Å². The third-order valence-electron chi connectivity index (χ3n) is 1.54. The molecule has 2 rings (SSSR count). The van der Waals surface area contributed by atoms with Gasteiger partial charge in [0.2, 0.25) is 0 Å². The van der Waals surface area contributed by atoms with Crippen molar-refractivity contribution in [1.29, 1.82) is 0 Å². The highest BCUT2D eigenvalue weighted by atomic mass is 32.2. The van der Waals surface area contributed by atoms with E-state index in [4.69, 9.17) is 5.84 Å². The Hall–Kier alpha value is -1.30. The van der Waals surface area contributed by atoms with E-state index in [2.05, 4.69) is 10.1 Å². The Morgan fingerprint density at radius 3 is 3.25 bits per heavy atom. The number of rotatable bonds is 0. The number of amidine groups is 1.